The van der Waals surface area contributed by atoms with Crippen LogP contribution in [-0.2, 0) is 11.4 Å². The van der Waals surface area contributed by atoms with Gasteiger partial charge in [0.25, 0.3) is 11.1 Å². The summed E-state index contributed by atoms with van der Waals surface area (Å²) in [6, 6.07) is 13.1. The highest BCUT2D eigenvalue weighted by Crippen LogP contribution is 2.26. The molecule has 0 saturated carbocycles. The predicted molar refractivity (Wildman–Crippen MR) is 118 cm³/mol. The minimum absolute atomic E-state index is 0.132. The number of thioether (sulfide) groups is 1. The third-order valence-electron chi connectivity index (χ3n) is 3.89. The van der Waals surface area contributed by atoms with Gasteiger partial charge in [0.05, 0.1) is 10.8 Å². The highest BCUT2D eigenvalue weighted by atomic mass is 79.9. The molecule has 0 spiro atoms. The van der Waals surface area contributed by atoms with Crippen LogP contribution in [0.3, 0.4) is 0 Å². The number of ether oxygens (including phenoxy) is 1. The molecule has 0 atom stereocenters. The van der Waals surface area contributed by atoms with Crippen molar-refractivity contribution < 1.29 is 13.9 Å². The fourth-order valence-electron chi connectivity index (χ4n) is 2.35. The second-order valence-electron chi connectivity index (χ2n) is 6.44. The molecule has 9 heteroatoms. The van der Waals surface area contributed by atoms with Gasteiger partial charge < -0.3 is 14.5 Å². The number of rotatable bonds is 8. The Morgan fingerprint density at radius 3 is 2.69 bits per heavy atom. The van der Waals surface area contributed by atoms with E-state index in [1.54, 1.807) is 18.2 Å². The Morgan fingerprint density at radius 1 is 1.24 bits per heavy atom. The molecule has 1 aromatic heterocycles. The Balaban J connectivity index is 1.46. The molecule has 29 heavy (non-hydrogen) atoms. The van der Waals surface area contributed by atoms with Gasteiger partial charge in [0, 0.05) is 10.2 Å². The standard InChI is InChI=1S/C20H19BrClN3O3S/c1-12(2)13-3-6-15(7-4-13)27-10-19-24-25-20(28-19)29-11-18(26)23-14-5-8-16(21)17(22)9-14/h3-9,12H,10-11H2,1-2H3,(H,23,26). The molecule has 3 rings (SSSR count). The summed E-state index contributed by atoms with van der Waals surface area (Å²) in [6.45, 7) is 4.45. The molecule has 1 amide bonds. The van der Waals surface area contributed by atoms with Crippen LogP contribution >= 0.6 is 39.3 Å². The van der Waals surface area contributed by atoms with Crippen LogP contribution in [0.25, 0.3) is 0 Å². The van der Waals surface area contributed by atoms with E-state index < -0.39 is 0 Å². The number of nitrogens with one attached hydrogen (secondary N) is 1. The van der Waals surface area contributed by atoms with Crippen molar-refractivity contribution in [3.05, 3.63) is 63.4 Å². The third-order valence-corrected chi connectivity index (χ3v) is 5.94. The smallest absolute Gasteiger partial charge is 0.277 e. The number of amides is 1. The van der Waals surface area contributed by atoms with E-state index in [0.29, 0.717) is 27.7 Å². The van der Waals surface area contributed by atoms with Gasteiger partial charge in [0.15, 0.2) is 6.61 Å². The van der Waals surface area contributed by atoms with E-state index in [2.05, 4.69) is 45.3 Å². The number of anilines is 1. The summed E-state index contributed by atoms with van der Waals surface area (Å²) in [4.78, 5) is 12.1. The first kappa shape index (κ1) is 21.7. The summed E-state index contributed by atoms with van der Waals surface area (Å²) in [6.07, 6.45) is 0. The van der Waals surface area contributed by atoms with Gasteiger partial charge >= 0.3 is 0 Å². The summed E-state index contributed by atoms with van der Waals surface area (Å²) in [5.41, 5.74) is 1.87. The Morgan fingerprint density at radius 2 is 2.00 bits per heavy atom. The fraction of sp³-hybridized carbons (Fsp3) is 0.250. The Bertz CT molecular complexity index is 979. The van der Waals surface area contributed by atoms with Crippen molar-refractivity contribution in [2.24, 2.45) is 0 Å². The van der Waals surface area contributed by atoms with E-state index in [-0.39, 0.29) is 18.3 Å². The quantitative estimate of drug-likeness (QED) is 0.390. The zero-order valence-electron chi connectivity index (χ0n) is 15.8. The average Bonchev–Trinajstić information content (AvgIpc) is 3.16. The molecule has 0 aliphatic rings. The van der Waals surface area contributed by atoms with Crippen LogP contribution in [0.15, 0.2) is 56.6 Å². The number of halogens is 2. The van der Waals surface area contributed by atoms with Crippen molar-refractivity contribution >= 4 is 50.9 Å². The number of benzene rings is 2. The average molecular weight is 497 g/mol. The van der Waals surface area contributed by atoms with Crippen LogP contribution in [0.4, 0.5) is 5.69 Å². The normalized spacial score (nSPS) is 10.9. The lowest BCUT2D eigenvalue weighted by molar-refractivity contribution is -0.113. The van der Waals surface area contributed by atoms with Gasteiger partial charge in [0.2, 0.25) is 5.91 Å². The molecule has 0 aliphatic heterocycles. The summed E-state index contributed by atoms with van der Waals surface area (Å²) < 4.78 is 11.9. The molecule has 3 aromatic rings. The summed E-state index contributed by atoms with van der Waals surface area (Å²) in [5.74, 6) is 1.48. The zero-order valence-corrected chi connectivity index (χ0v) is 19.0. The second-order valence-corrected chi connectivity index (χ2v) is 8.63. The van der Waals surface area contributed by atoms with Crippen LogP contribution < -0.4 is 10.1 Å². The molecule has 0 aliphatic carbocycles. The van der Waals surface area contributed by atoms with Crippen LogP contribution in [0, 0.1) is 0 Å². The van der Waals surface area contributed by atoms with Gasteiger partial charge in [-0.1, -0.05) is 49.3 Å². The van der Waals surface area contributed by atoms with Crippen molar-refractivity contribution in [3.63, 3.8) is 0 Å². The van der Waals surface area contributed by atoms with Crippen LogP contribution in [-0.4, -0.2) is 21.9 Å². The van der Waals surface area contributed by atoms with Crippen molar-refractivity contribution in [1.29, 1.82) is 0 Å². The summed E-state index contributed by atoms with van der Waals surface area (Å²) >= 11 is 10.5. The maximum Gasteiger partial charge on any atom is 0.277 e. The molecule has 6 nitrogen and oxygen atoms in total. The molecule has 152 valence electrons. The van der Waals surface area contributed by atoms with E-state index >= 15 is 0 Å². The van der Waals surface area contributed by atoms with Gasteiger partial charge in [0.1, 0.15) is 5.75 Å². The van der Waals surface area contributed by atoms with E-state index in [1.807, 2.05) is 24.3 Å². The molecule has 0 unspecified atom stereocenters. The Labute approximate surface area is 186 Å². The molecule has 0 radical (unpaired) electrons. The first-order valence-corrected chi connectivity index (χ1v) is 11.0. The van der Waals surface area contributed by atoms with Gasteiger partial charge in [-0.15, -0.1) is 10.2 Å². The number of hydrogen-bond donors (Lipinski definition) is 1. The van der Waals surface area contributed by atoms with Gasteiger partial charge in [-0.3, -0.25) is 4.79 Å². The molecule has 1 heterocycles. The number of carbonyl (C=O) groups is 1. The molecule has 1 N–H and O–H groups in total. The number of nitrogens with zero attached hydrogens (tertiary/aromatic N) is 2. The minimum Gasteiger partial charge on any atom is -0.484 e. The largest absolute Gasteiger partial charge is 0.484 e. The van der Waals surface area contributed by atoms with Crippen molar-refractivity contribution in [2.45, 2.75) is 31.6 Å². The number of aromatic nitrogens is 2. The summed E-state index contributed by atoms with van der Waals surface area (Å²) in [7, 11) is 0. The van der Waals surface area contributed by atoms with E-state index in [9.17, 15) is 4.79 Å². The maximum atomic E-state index is 12.1. The van der Waals surface area contributed by atoms with Crippen molar-refractivity contribution in [1.82, 2.24) is 10.2 Å². The lowest BCUT2D eigenvalue weighted by Gasteiger charge is -2.07. The first-order valence-electron chi connectivity index (χ1n) is 8.83. The number of carbonyl (C=O) groups excluding carboxylic acids is 1. The molecule has 0 bridgehead atoms. The molecular formula is C20H19BrClN3O3S. The molecule has 0 fully saturated rings. The lowest BCUT2D eigenvalue weighted by Crippen LogP contribution is -2.13. The maximum absolute atomic E-state index is 12.1. The van der Waals surface area contributed by atoms with Gasteiger partial charge in [-0.25, -0.2) is 0 Å². The zero-order chi connectivity index (χ0) is 20.8. The van der Waals surface area contributed by atoms with E-state index in [1.165, 1.54) is 5.56 Å². The number of hydrogen-bond acceptors (Lipinski definition) is 6. The SMILES string of the molecule is CC(C)c1ccc(OCc2nnc(SCC(=O)Nc3ccc(Br)c(Cl)c3)o2)cc1. The van der Waals surface area contributed by atoms with Gasteiger partial charge in [-0.2, -0.15) is 0 Å². The van der Waals surface area contributed by atoms with Crippen LogP contribution in [0.1, 0.15) is 31.2 Å². The molecule has 2 aromatic carbocycles. The van der Waals surface area contributed by atoms with E-state index in [0.717, 1.165) is 22.0 Å². The van der Waals surface area contributed by atoms with Crippen LogP contribution in [0.5, 0.6) is 5.75 Å². The second kappa shape index (κ2) is 10.1. The van der Waals surface area contributed by atoms with Crippen LogP contribution in [0.2, 0.25) is 5.02 Å². The molecule has 0 saturated heterocycles. The minimum atomic E-state index is -0.199. The predicted octanol–water partition coefficient (Wildman–Crippen LogP) is 5.92. The highest BCUT2D eigenvalue weighted by Gasteiger charge is 2.11. The fourth-order valence-corrected chi connectivity index (χ4v) is 3.35. The first-order chi connectivity index (χ1) is 13.9. The topological polar surface area (TPSA) is 77.2 Å². The highest BCUT2D eigenvalue weighted by molar-refractivity contribution is 9.10. The van der Waals surface area contributed by atoms with Crippen molar-refractivity contribution in [2.75, 3.05) is 11.1 Å². The molecular weight excluding hydrogens is 478 g/mol. The lowest BCUT2D eigenvalue weighted by atomic mass is 10.0. The Kier molecular flexibility index (Phi) is 7.57. The monoisotopic (exact) mass is 495 g/mol. The third kappa shape index (κ3) is 6.48. The van der Waals surface area contributed by atoms with Gasteiger partial charge in [-0.05, 0) is 57.7 Å². The van der Waals surface area contributed by atoms with Crippen molar-refractivity contribution in [3.8, 4) is 5.75 Å². The summed E-state index contributed by atoms with van der Waals surface area (Å²) in [5, 5.41) is 11.5. The van der Waals surface area contributed by atoms with E-state index in [4.69, 9.17) is 20.8 Å². The Hall–Kier alpha value is -2.03.